The molecule has 2 heterocycles. The molecule has 8 aromatic rings. The fraction of sp³-hybridized carbons (Fsp3) is 0.0732. The highest BCUT2D eigenvalue weighted by Crippen LogP contribution is 2.52. The summed E-state index contributed by atoms with van der Waals surface area (Å²) in [5, 5.41) is 13.8. The molecule has 0 saturated heterocycles. The number of para-hydroxylation sites is 1. The molecule has 0 aliphatic heterocycles. The van der Waals surface area contributed by atoms with Crippen LogP contribution in [0.4, 0.5) is 5.69 Å². The van der Waals surface area contributed by atoms with Gasteiger partial charge in [0.2, 0.25) is 0 Å². The van der Waals surface area contributed by atoms with E-state index in [4.69, 9.17) is 11.0 Å². The SMILES string of the molecule is [C-]#[N+]c1cccc(-n2c3ccccc3c3cc(C#N)ccc32)c1-c1cccc2oc3cc4c(cc3c12)-c1ccccc1C4(C)C. The van der Waals surface area contributed by atoms with Gasteiger partial charge in [-0.1, -0.05) is 80.6 Å². The lowest BCUT2D eigenvalue weighted by atomic mass is 9.82. The standard InChI is InChI=1S/C41H25N3O/c1-41(2)31-13-6-4-10-25(31)28-21-30-38(22-32(28)41)45-37-17-8-12-27(39(30)37)40-33(43-3)14-9-16-36(40)44-34-15-7-5-11-26(34)29-20-24(23-42)18-19-35(29)44/h4-22H,1-2H3. The van der Waals surface area contributed by atoms with Gasteiger partial charge in [0.15, 0.2) is 5.69 Å². The van der Waals surface area contributed by atoms with E-state index in [1.807, 2.05) is 54.6 Å². The minimum Gasteiger partial charge on any atom is -0.456 e. The molecule has 9 rings (SSSR count). The van der Waals surface area contributed by atoms with Gasteiger partial charge in [-0.25, -0.2) is 4.85 Å². The number of nitriles is 1. The number of rotatable bonds is 2. The second kappa shape index (κ2) is 8.96. The number of hydrogen-bond acceptors (Lipinski definition) is 2. The van der Waals surface area contributed by atoms with E-state index in [0.717, 1.165) is 60.6 Å². The first-order valence-electron chi connectivity index (χ1n) is 15.0. The van der Waals surface area contributed by atoms with Gasteiger partial charge in [-0.3, -0.25) is 0 Å². The van der Waals surface area contributed by atoms with Crippen LogP contribution >= 0.6 is 0 Å². The molecule has 0 N–H and O–H groups in total. The molecule has 4 heteroatoms. The van der Waals surface area contributed by atoms with Crippen molar-refractivity contribution in [3.63, 3.8) is 0 Å². The van der Waals surface area contributed by atoms with Crippen LogP contribution in [0, 0.1) is 17.9 Å². The van der Waals surface area contributed by atoms with Crippen LogP contribution < -0.4 is 0 Å². The summed E-state index contributed by atoms with van der Waals surface area (Å²) in [4.78, 5) is 4.05. The average Bonchev–Trinajstić information content (AvgIpc) is 3.68. The second-order valence-electron chi connectivity index (χ2n) is 12.3. The lowest BCUT2D eigenvalue weighted by Gasteiger charge is -2.21. The molecule has 210 valence electrons. The van der Waals surface area contributed by atoms with Crippen LogP contribution in [-0.4, -0.2) is 4.57 Å². The van der Waals surface area contributed by atoms with Crippen LogP contribution in [0.5, 0.6) is 0 Å². The van der Waals surface area contributed by atoms with Crippen LogP contribution in [0.15, 0.2) is 120 Å². The highest BCUT2D eigenvalue weighted by molar-refractivity contribution is 6.17. The third-order valence-electron chi connectivity index (χ3n) is 9.65. The maximum atomic E-state index is 9.66. The Labute approximate surface area is 259 Å². The van der Waals surface area contributed by atoms with Crippen molar-refractivity contribution in [3.8, 4) is 34.0 Å². The van der Waals surface area contributed by atoms with Gasteiger partial charge in [0.1, 0.15) is 11.2 Å². The van der Waals surface area contributed by atoms with E-state index in [1.54, 1.807) is 0 Å². The first-order valence-corrected chi connectivity index (χ1v) is 15.0. The molecule has 4 nitrogen and oxygen atoms in total. The van der Waals surface area contributed by atoms with Crippen molar-refractivity contribution in [2.75, 3.05) is 0 Å². The molecule has 45 heavy (non-hydrogen) atoms. The Morgan fingerprint density at radius 1 is 0.689 bits per heavy atom. The van der Waals surface area contributed by atoms with Crippen molar-refractivity contribution >= 4 is 49.4 Å². The second-order valence-corrected chi connectivity index (χ2v) is 12.3. The zero-order chi connectivity index (χ0) is 30.4. The summed E-state index contributed by atoms with van der Waals surface area (Å²) in [5.41, 5.74) is 12.5. The van der Waals surface area contributed by atoms with Crippen molar-refractivity contribution < 1.29 is 4.42 Å². The van der Waals surface area contributed by atoms with Crippen molar-refractivity contribution in [2.24, 2.45) is 0 Å². The first-order chi connectivity index (χ1) is 22.0. The number of benzene rings is 6. The lowest BCUT2D eigenvalue weighted by Crippen LogP contribution is -2.14. The summed E-state index contributed by atoms with van der Waals surface area (Å²) >= 11 is 0. The number of fused-ring (bicyclic) bond motifs is 9. The molecule has 6 aromatic carbocycles. The Kier molecular flexibility index (Phi) is 5.06. The summed E-state index contributed by atoms with van der Waals surface area (Å²) in [6.45, 7) is 12.8. The maximum absolute atomic E-state index is 9.66. The van der Waals surface area contributed by atoms with Crippen LogP contribution in [0.1, 0.15) is 30.5 Å². The molecule has 0 bridgehead atoms. The largest absolute Gasteiger partial charge is 0.456 e. The molecule has 0 radical (unpaired) electrons. The smallest absolute Gasteiger partial charge is 0.197 e. The Balaban J connectivity index is 1.39. The Morgan fingerprint density at radius 3 is 2.33 bits per heavy atom. The summed E-state index contributed by atoms with van der Waals surface area (Å²) in [5.74, 6) is 0. The molecule has 0 amide bonds. The van der Waals surface area contributed by atoms with Crippen molar-refractivity contribution in [1.82, 2.24) is 4.57 Å². The molecular formula is C41H25N3O. The van der Waals surface area contributed by atoms with Gasteiger partial charge >= 0.3 is 0 Å². The molecule has 0 fully saturated rings. The molecule has 1 aliphatic carbocycles. The van der Waals surface area contributed by atoms with E-state index in [9.17, 15) is 5.26 Å². The molecule has 2 aromatic heterocycles. The third kappa shape index (κ3) is 3.34. The summed E-state index contributed by atoms with van der Waals surface area (Å²) in [7, 11) is 0. The van der Waals surface area contributed by atoms with E-state index >= 15 is 0 Å². The fourth-order valence-corrected chi connectivity index (χ4v) is 7.61. The highest BCUT2D eigenvalue weighted by Gasteiger charge is 2.36. The molecule has 0 saturated carbocycles. The third-order valence-corrected chi connectivity index (χ3v) is 9.65. The highest BCUT2D eigenvalue weighted by atomic mass is 16.3. The summed E-state index contributed by atoms with van der Waals surface area (Å²) in [6, 6.07) is 41.6. The Morgan fingerprint density at radius 2 is 1.47 bits per heavy atom. The average molecular weight is 576 g/mol. The predicted octanol–water partition coefficient (Wildman–Crippen LogP) is 11.1. The molecule has 0 atom stereocenters. The van der Waals surface area contributed by atoms with Crippen LogP contribution in [0.25, 0.3) is 76.5 Å². The van der Waals surface area contributed by atoms with Crippen LogP contribution in [0.3, 0.4) is 0 Å². The molecule has 0 spiro atoms. The Bertz CT molecular complexity index is 2650. The van der Waals surface area contributed by atoms with Crippen LogP contribution in [-0.2, 0) is 5.41 Å². The van der Waals surface area contributed by atoms with Crippen LogP contribution in [0.2, 0.25) is 0 Å². The zero-order valence-corrected chi connectivity index (χ0v) is 24.7. The topological polar surface area (TPSA) is 46.2 Å². The van der Waals surface area contributed by atoms with Crippen molar-refractivity contribution in [3.05, 3.63) is 143 Å². The monoisotopic (exact) mass is 575 g/mol. The lowest BCUT2D eigenvalue weighted by molar-refractivity contribution is 0.647. The fourth-order valence-electron chi connectivity index (χ4n) is 7.61. The molecule has 1 aliphatic rings. The van der Waals surface area contributed by atoms with Crippen molar-refractivity contribution in [2.45, 2.75) is 19.3 Å². The predicted molar refractivity (Wildman–Crippen MR) is 182 cm³/mol. The summed E-state index contributed by atoms with van der Waals surface area (Å²) in [6.07, 6.45) is 0. The number of aromatic nitrogens is 1. The van der Waals surface area contributed by atoms with Crippen molar-refractivity contribution in [1.29, 1.82) is 5.26 Å². The first kappa shape index (κ1) is 25.4. The van der Waals surface area contributed by atoms with E-state index in [0.29, 0.717) is 11.3 Å². The van der Waals surface area contributed by atoms with Gasteiger partial charge in [-0.15, -0.1) is 0 Å². The number of hydrogen-bond donors (Lipinski definition) is 0. The Hall–Kier alpha value is -6.10. The minimum atomic E-state index is -0.131. The number of nitrogens with zero attached hydrogens (tertiary/aromatic N) is 3. The van der Waals surface area contributed by atoms with Gasteiger partial charge in [-0.2, -0.15) is 5.26 Å². The van der Waals surface area contributed by atoms with E-state index in [-0.39, 0.29) is 5.41 Å². The normalized spacial score (nSPS) is 13.2. The zero-order valence-electron chi connectivity index (χ0n) is 24.7. The quantitative estimate of drug-likeness (QED) is 0.193. The van der Waals surface area contributed by atoms with Gasteiger partial charge in [0.05, 0.1) is 29.2 Å². The molecule has 0 unspecified atom stereocenters. The van der Waals surface area contributed by atoms with E-state index < -0.39 is 0 Å². The summed E-state index contributed by atoms with van der Waals surface area (Å²) < 4.78 is 8.82. The van der Waals surface area contributed by atoms with E-state index in [2.05, 4.69) is 90.0 Å². The van der Waals surface area contributed by atoms with Gasteiger partial charge in [0.25, 0.3) is 0 Å². The van der Waals surface area contributed by atoms with Gasteiger partial charge < -0.3 is 8.98 Å². The molecular weight excluding hydrogens is 550 g/mol. The van der Waals surface area contributed by atoms with Gasteiger partial charge in [0, 0.05) is 38.2 Å². The minimum absolute atomic E-state index is 0.131. The van der Waals surface area contributed by atoms with E-state index in [1.165, 1.54) is 22.3 Å². The van der Waals surface area contributed by atoms with Gasteiger partial charge in [-0.05, 0) is 76.3 Å². The maximum Gasteiger partial charge on any atom is 0.197 e. The number of furan rings is 1.